The molecule has 0 saturated carbocycles. The zero-order valence-corrected chi connectivity index (χ0v) is 11.3. The Morgan fingerprint density at radius 3 is 2.85 bits per heavy atom. The largest absolute Gasteiger partial charge is 0.316 e. The van der Waals surface area contributed by atoms with Gasteiger partial charge < -0.3 is 4.90 Å². The van der Waals surface area contributed by atoms with Crippen LogP contribution in [0.4, 0.5) is 0 Å². The van der Waals surface area contributed by atoms with E-state index in [2.05, 4.69) is 10.3 Å². The van der Waals surface area contributed by atoms with Gasteiger partial charge in [0, 0.05) is 18.5 Å². The van der Waals surface area contributed by atoms with Crippen molar-refractivity contribution in [3.8, 4) is 0 Å². The number of nitrogens with one attached hydrogen (secondary N) is 1. The lowest BCUT2D eigenvalue weighted by atomic mass is 9.98. The highest BCUT2D eigenvalue weighted by Crippen LogP contribution is 2.18. The molecule has 1 aromatic rings. The Bertz CT molecular complexity index is 579. The number of imide groups is 1. The standard InChI is InChI=1S/C14H15N3O3/c1-14(2)13(20)16-11(18)9-17(14)12(19)6-5-10-4-3-7-15-8-10/h3-8H,9H2,1-2H3,(H,16,18,20). The minimum Gasteiger partial charge on any atom is -0.316 e. The van der Waals surface area contributed by atoms with Gasteiger partial charge in [-0.2, -0.15) is 0 Å². The van der Waals surface area contributed by atoms with E-state index >= 15 is 0 Å². The summed E-state index contributed by atoms with van der Waals surface area (Å²) in [7, 11) is 0. The molecule has 1 saturated heterocycles. The van der Waals surface area contributed by atoms with E-state index in [-0.39, 0.29) is 12.5 Å². The van der Waals surface area contributed by atoms with Crippen LogP contribution in [-0.2, 0) is 14.4 Å². The molecule has 20 heavy (non-hydrogen) atoms. The highest BCUT2D eigenvalue weighted by Gasteiger charge is 2.42. The van der Waals surface area contributed by atoms with Crippen molar-refractivity contribution in [2.24, 2.45) is 0 Å². The van der Waals surface area contributed by atoms with Gasteiger partial charge in [-0.3, -0.25) is 24.7 Å². The van der Waals surface area contributed by atoms with Gasteiger partial charge in [0.05, 0.1) is 0 Å². The molecule has 1 N–H and O–H groups in total. The van der Waals surface area contributed by atoms with Crippen molar-refractivity contribution in [2.45, 2.75) is 19.4 Å². The Balaban J connectivity index is 2.17. The number of pyridine rings is 1. The third-order valence-corrected chi connectivity index (χ3v) is 3.15. The number of rotatable bonds is 2. The lowest BCUT2D eigenvalue weighted by Gasteiger charge is -2.39. The smallest absolute Gasteiger partial charge is 0.252 e. The first-order valence-electron chi connectivity index (χ1n) is 6.15. The van der Waals surface area contributed by atoms with Crippen molar-refractivity contribution in [1.29, 1.82) is 0 Å². The summed E-state index contributed by atoms with van der Waals surface area (Å²) in [6.45, 7) is 3.07. The molecule has 1 aromatic heterocycles. The van der Waals surface area contributed by atoms with Crippen LogP contribution < -0.4 is 5.32 Å². The minimum atomic E-state index is -1.05. The Morgan fingerprint density at radius 2 is 2.20 bits per heavy atom. The number of aromatic nitrogens is 1. The molecule has 2 rings (SSSR count). The zero-order valence-electron chi connectivity index (χ0n) is 11.3. The van der Waals surface area contributed by atoms with E-state index in [9.17, 15) is 14.4 Å². The van der Waals surface area contributed by atoms with Crippen molar-refractivity contribution in [3.05, 3.63) is 36.2 Å². The highest BCUT2D eigenvalue weighted by molar-refractivity contribution is 6.08. The van der Waals surface area contributed by atoms with Crippen LogP contribution in [0.3, 0.4) is 0 Å². The molecule has 1 fully saturated rings. The van der Waals surface area contributed by atoms with Gasteiger partial charge >= 0.3 is 0 Å². The number of piperazine rings is 1. The summed E-state index contributed by atoms with van der Waals surface area (Å²) < 4.78 is 0. The lowest BCUT2D eigenvalue weighted by Crippen LogP contribution is -2.65. The topological polar surface area (TPSA) is 79.4 Å². The van der Waals surface area contributed by atoms with E-state index in [0.717, 1.165) is 5.56 Å². The Kier molecular flexibility index (Phi) is 3.65. The van der Waals surface area contributed by atoms with Gasteiger partial charge in [0.1, 0.15) is 12.1 Å². The molecule has 0 atom stereocenters. The number of amides is 3. The van der Waals surface area contributed by atoms with E-state index in [4.69, 9.17) is 0 Å². The van der Waals surface area contributed by atoms with Crippen LogP contribution in [0.1, 0.15) is 19.4 Å². The quantitative estimate of drug-likeness (QED) is 0.623. The van der Waals surface area contributed by atoms with Crippen LogP contribution in [0.25, 0.3) is 6.08 Å². The molecule has 1 aliphatic rings. The van der Waals surface area contributed by atoms with Crippen molar-refractivity contribution >= 4 is 23.8 Å². The van der Waals surface area contributed by atoms with E-state index in [1.165, 1.54) is 11.0 Å². The Hall–Kier alpha value is -2.50. The monoisotopic (exact) mass is 273 g/mol. The third-order valence-electron chi connectivity index (χ3n) is 3.15. The maximum Gasteiger partial charge on any atom is 0.252 e. The van der Waals surface area contributed by atoms with Crippen LogP contribution in [-0.4, -0.2) is 39.7 Å². The predicted molar refractivity (Wildman–Crippen MR) is 72.2 cm³/mol. The Morgan fingerprint density at radius 1 is 1.45 bits per heavy atom. The number of hydrogen-bond acceptors (Lipinski definition) is 4. The van der Waals surface area contributed by atoms with Crippen LogP contribution >= 0.6 is 0 Å². The summed E-state index contributed by atoms with van der Waals surface area (Å²) in [6, 6.07) is 3.56. The summed E-state index contributed by atoms with van der Waals surface area (Å²) in [5.41, 5.74) is -0.281. The molecular formula is C14H15N3O3. The van der Waals surface area contributed by atoms with E-state index < -0.39 is 17.4 Å². The maximum absolute atomic E-state index is 12.2. The molecule has 0 unspecified atom stereocenters. The number of carbonyl (C=O) groups is 3. The van der Waals surface area contributed by atoms with Crippen LogP contribution in [0.2, 0.25) is 0 Å². The molecule has 0 spiro atoms. The van der Waals surface area contributed by atoms with Gasteiger partial charge in [0.15, 0.2) is 0 Å². The number of hydrogen-bond donors (Lipinski definition) is 1. The molecule has 1 aliphatic heterocycles. The van der Waals surface area contributed by atoms with Gasteiger partial charge in [-0.15, -0.1) is 0 Å². The van der Waals surface area contributed by atoms with Gasteiger partial charge in [-0.1, -0.05) is 6.07 Å². The fourth-order valence-corrected chi connectivity index (χ4v) is 1.87. The fourth-order valence-electron chi connectivity index (χ4n) is 1.87. The zero-order chi connectivity index (χ0) is 14.8. The summed E-state index contributed by atoms with van der Waals surface area (Å²) in [5.74, 6) is -1.34. The minimum absolute atomic E-state index is 0.130. The molecule has 3 amide bonds. The molecule has 0 aromatic carbocycles. The van der Waals surface area contributed by atoms with Crippen molar-refractivity contribution < 1.29 is 14.4 Å². The number of carbonyl (C=O) groups excluding carboxylic acids is 3. The van der Waals surface area contributed by atoms with E-state index in [1.54, 1.807) is 44.4 Å². The summed E-state index contributed by atoms with van der Waals surface area (Å²) in [4.78, 5) is 40.5. The van der Waals surface area contributed by atoms with Crippen molar-refractivity contribution in [2.75, 3.05) is 6.54 Å². The first kappa shape index (κ1) is 13.9. The molecule has 0 aliphatic carbocycles. The molecule has 6 heteroatoms. The summed E-state index contributed by atoms with van der Waals surface area (Å²) in [6.07, 6.45) is 6.19. The second kappa shape index (κ2) is 5.24. The molecule has 0 radical (unpaired) electrons. The predicted octanol–water partition coefficient (Wildman–Crippen LogP) is 0.358. The van der Waals surface area contributed by atoms with Crippen LogP contribution in [0.5, 0.6) is 0 Å². The van der Waals surface area contributed by atoms with Gasteiger partial charge in [0.2, 0.25) is 11.8 Å². The second-order valence-corrected chi connectivity index (χ2v) is 4.98. The first-order valence-corrected chi connectivity index (χ1v) is 6.15. The molecule has 104 valence electrons. The van der Waals surface area contributed by atoms with Gasteiger partial charge in [0.25, 0.3) is 5.91 Å². The highest BCUT2D eigenvalue weighted by atomic mass is 16.2. The molecule has 0 bridgehead atoms. The Labute approximate surface area is 116 Å². The summed E-state index contributed by atoms with van der Waals surface area (Å²) >= 11 is 0. The maximum atomic E-state index is 12.2. The third kappa shape index (κ3) is 2.74. The van der Waals surface area contributed by atoms with Crippen molar-refractivity contribution in [3.63, 3.8) is 0 Å². The average molecular weight is 273 g/mol. The van der Waals surface area contributed by atoms with Gasteiger partial charge in [-0.05, 0) is 31.6 Å². The fraction of sp³-hybridized carbons (Fsp3) is 0.286. The molecule has 6 nitrogen and oxygen atoms in total. The van der Waals surface area contributed by atoms with Crippen molar-refractivity contribution in [1.82, 2.24) is 15.2 Å². The van der Waals surface area contributed by atoms with E-state index in [1.807, 2.05) is 0 Å². The van der Waals surface area contributed by atoms with Crippen LogP contribution in [0, 0.1) is 0 Å². The normalized spacial score (nSPS) is 18.2. The lowest BCUT2D eigenvalue weighted by molar-refractivity contribution is -0.153. The number of nitrogens with zero attached hydrogens (tertiary/aromatic N) is 2. The first-order chi connectivity index (χ1) is 9.41. The SMILES string of the molecule is CC1(C)C(=O)NC(=O)CN1C(=O)C=Cc1cccnc1. The van der Waals surface area contributed by atoms with E-state index in [0.29, 0.717) is 0 Å². The van der Waals surface area contributed by atoms with Gasteiger partial charge in [-0.25, -0.2) is 0 Å². The van der Waals surface area contributed by atoms with Crippen LogP contribution in [0.15, 0.2) is 30.6 Å². The molecule has 2 heterocycles. The average Bonchev–Trinajstić information content (AvgIpc) is 2.41. The summed E-state index contributed by atoms with van der Waals surface area (Å²) in [5, 5.41) is 2.22. The second-order valence-electron chi connectivity index (χ2n) is 4.98. The molecular weight excluding hydrogens is 258 g/mol.